The molecule has 0 aliphatic rings. The van der Waals surface area contributed by atoms with Gasteiger partial charge in [-0.3, -0.25) is 10.1 Å². The van der Waals surface area contributed by atoms with Crippen LogP contribution in [0.5, 0.6) is 0 Å². The summed E-state index contributed by atoms with van der Waals surface area (Å²) < 4.78 is 13.6. The van der Waals surface area contributed by atoms with Crippen molar-refractivity contribution in [2.45, 2.75) is 6.42 Å². The van der Waals surface area contributed by atoms with Crippen molar-refractivity contribution < 1.29 is 9.31 Å². The van der Waals surface area contributed by atoms with Gasteiger partial charge in [0.1, 0.15) is 11.5 Å². The number of nitro groups is 1. The highest BCUT2D eigenvalue weighted by molar-refractivity contribution is 14.1. The van der Waals surface area contributed by atoms with Crippen LogP contribution < -0.4 is 5.32 Å². The molecule has 0 amide bonds. The smallest absolute Gasteiger partial charge is 0.293 e. The SMILES string of the molecule is O=[N+]([O-])c1cc(I)ccc1NCCc1ccc(F)cc1. The van der Waals surface area contributed by atoms with Gasteiger partial charge in [0, 0.05) is 16.2 Å². The molecule has 0 radical (unpaired) electrons. The van der Waals surface area contributed by atoms with Crippen LogP contribution >= 0.6 is 22.6 Å². The van der Waals surface area contributed by atoms with Crippen LogP contribution in [0.25, 0.3) is 0 Å². The van der Waals surface area contributed by atoms with E-state index in [1.807, 2.05) is 28.7 Å². The van der Waals surface area contributed by atoms with E-state index in [0.717, 1.165) is 9.13 Å². The minimum absolute atomic E-state index is 0.0657. The number of benzene rings is 2. The highest BCUT2D eigenvalue weighted by Crippen LogP contribution is 2.26. The van der Waals surface area contributed by atoms with Crippen LogP contribution in [0, 0.1) is 19.5 Å². The average molecular weight is 386 g/mol. The number of hydrogen-bond acceptors (Lipinski definition) is 3. The quantitative estimate of drug-likeness (QED) is 0.480. The van der Waals surface area contributed by atoms with Crippen molar-refractivity contribution in [1.82, 2.24) is 0 Å². The number of nitrogens with one attached hydrogen (secondary N) is 1. The Balaban J connectivity index is 2.00. The topological polar surface area (TPSA) is 55.2 Å². The Morgan fingerprint density at radius 2 is 1.90 bits per heavy atom. The van der Waals surface area contributed by atoms with Crippen molar-refractivity contribution in [3.63, 3.8) is 0 Å². The third-order valence-corrected chi connectivity index (χ3v) is 3.47. The molecule has 0 saturated carbocycles. The fourth-order valence-corrected chi connectivity index (χ4v) is 2.27. The molecule has 0 heterocycles. The standard InChI is InChI=1S/C14H12FIN2O2/c15-11-3-1-10(2-4-11)7-8-17-13-6-5-12(16)9-14(13)18(19)20/h1-6,9,17H,7-8H2. The lowest BCUT2D eigenvalue weighted by molar-refractivity contribution is -0.384. The zero-order chi connectivity index (χ0) is 14.5. The van der Waals surface area contributed by atoms with Crippen molar-refractivity contribution in [3.05, 3.63) is 67.5 Å². The lowest BCUT2D eigenvalue weighted by Gasteiger charge is -2.07. The first kappa shape index (κ1) is 14.7. The van der Waals surface area contributed by atoms with E-state index < -0.39 is 4.92 Å². The van der Waals surface area contributed by atoms with Crippen molar-refractivity contribution in [2.24, 2.45) is 0 Å². The van der Waals surface area contributed by atoms with E-state index in [9.17, 15) is 14.5 Å². The summed E-state index contributed by atoms with van der Waals surface area (Å²) >= 11 is 2.04. The van der Waals surface area contributed by atoms with Gasteiger partial charge in [0.15, 0.2) is 0 Å². The summed E-state index contributed by atoms with van der Waals surface area (Å²) in [7, 11) is 0. The van der Waals surface area contributed by atoms with Gasteiger partial charge < -0.3 is 5.32 Å². The molecule has 0 aliphatic carbocycles. The molecule has 104 valence electrons. The van der Waals surface area contributed by atoms with Gasteiger partial charge in [0.2, 0.25) is 0 Å². The van der Waals surface area contributed by atoms with Crippen LogP contribution in [-0.4, -0.2) is 11.5 Å². The number of rotatable bonds is 5. The maximum Gasteiger partial charge on any atom is 0.293 e. The van der Waals surface area contributed by atoms with E-state index >= 15 is 0 Å². The summed E-state index contributed by atoms with van der Waals surface area (Å²) in [5.74, 6) is -0.269. The van der Waals surface area contributed by atoms with E-state index in [2.05, 4.69) is 5.32 Å². The molecule has 0 unspecified atom stereocenters. The molecule has 0 spiro atoms. The predicted octanol–water partition coefficient (Wildman–Crippen LogP) is 3.99. The second-order valence-electron chi connectivity index (χ2n) is 4.22. The van der Waals surface area contributed by atoms with E-state index in [0.29, 0.717) is 18.7 Å². The fourth-order valence-electron chi connectivity index (χ4n) is 1.80. The minimum atomic E-state index is -0.400. The fraction of sp³-hybridized carbons (Fsp3) is 0.143. The first-order valence-electron chi connectivity index (χ1n) is 5.98. The van der Waals surface area contributed by atoms with Crippen LogP contribution in [0.15, 0.2) is 42.5 Å². The maximum atomic E-state index is 12.8. The van der Waals surface area contributed by atoms with E-state index in [4.69, 9.17) is 0 Å². The lowest BCUT2D eigenvalue weighted by Crippen LogP contribution is -2.07. The summed E-state index contributed by atoms with van der Waals surface area (Å²) in [6.45, 7) is 0.549. The van der Waals surface area contributed by atoms with Crippen molar-refractivity contribution >= 4 is 34.0 Å². The van der Waals surface area contributed by atoms with Crippen molar-refractivity contribution in [1.29, 1.82) is 0 Å². The van der Waals surface area contributed by atoms with Gasteiger partial charge in [-0.1, -0.05) is 12.1 Å². The monoisotopic (exact) mass is 386 g/mol. The second-order valence-corrected chi connectivity index (χ2v) is 5.47. The molecule has 1 N–H and O–H groups in total. The molecule has 0 atom stereocenters. The zero-order valence-corrected chi connectivity index (χ0v) is 12.6. The van der Waals surface area contributed by atoms with E-state index in [1.165, 1.54) is 18.2 Å². The number of hydrogen-bond donors (Lipinski definition) is 1. The summed E-state index contributed by atoms with van der Waals surface area (Å²) in [4.78, 5) is 10.6. The maximum absolute atomic E-state index is 12.8. The molecule has 0 fully saturated rings. The third-order valence-electron chi connectivity index (χ3n) is 2.80. The van der Waals surface area contributed by atoms with Crippen LogP contribution in [0.2, 0.25) is 0 Å². The molecule has 0 aromatic heterocycles. The molecule has 6 heteroatoms. The molecular weight excluding hydrogens is 374 g/mol. The van der Waals surface area contributed by atoms with E-state index in [1.54, 1.807) is 18.2 Å². The number of halogens is 2. The van der Waals surface area contributed by atoms with Gasteiger partial charge >= 0.3 is 0 Å². The van der Waals surface area contributed by atoms with Crippen LogP contribution in [-0.2, 0) is 6.42 Å². The molecule has 2 aromatic rings. The first-order chi connectivity index (χ1) is 9.56. The lowest BCUT2D eigenvalue weighted by atomic mass is 10.1. The third kappa shape index (κ3) is 3.89. The molecule has 20 heavy (non-hydrogen) atoms. The Morgan fingerprint density at radius 1 is 1.20 bits per heavy atom. The Kier molecular flexibility index (Phi) is 4.89. The molecule has 0 saturated heterocycles. The van der Waals surface area contributed by atoms with Crippen LogP contribution in [0.1, 0.15) is 5.56 Å². The number of nitrogens with zero attached hydrogens (tertiary/aromatic N) is 1. The molecule has 0 aliphatic heterocycles. The molecule has 4 nitrogen and oxygen atoms in total. The number of nitro benzene ring substituents is 1. The summed E-state index contributed by atoms with van der Waals surface area (Å²) in [5.41, 5.74) is 1.54. The highest BCUT2D eigenvalue weighted by atomic mass is 127. The molecule has 2 rings (SSSR count). The van der Waals surface area contributed by atoms with Gasteiger partial charge in [-0.25, -0.2) is 4.39 Å². The summed E-state index contributed by atoms with van der Waals surface area (Å²) in [6.07, 6.45) is 0.670. The van der Waals surface area contributed by atoms with E-state index in [-0.39, 0.29) is 11.5 Å². The van der Waals surface area contributed by atoms with Gasteiger partial charge in [0.25, 0.3) is 5.69 Å². The second kappa shape index (κ2) is 6.65. The largest absolute Gasteiger partial charge is 0.379 e. The summed E-state index contributed by atoms with van der Waals surface area (Å²) in [6, 6.07) is 11.3. The molecule has 2 aromatic carbocycles. The predicted molar refractivity (Wildman–Crippen MR) is 84.4 cm³/mol. The Morgan fingerprint density at radius 3 is 2.55 bits per heavy atom. The van der Waals surface area contributed by atoms with Crippen LogP contribution in [0.3, 0.4) is 0 Å². The van der Waals surface area contributed by atoms with Gasteiger partial charge in [0.05, 0.1) is 4.92 Å². The first-order valence-corrected chi connectivity index (χ1v) is 7.06. The summed E-state index contributed by atoms with van der Waals surface area (Å²) in [5, 5.41) is 14.0. The minimum Gasteiger partial charge on any atom is -0.379 e. The molecule has 0 bridgehead atoms. The normalized spacial score (nSPS) is 10.3. The van der Waals surface area contributed by atoms with Crippen molar-refractivity contribution in [2.75, 3.05) is 11.9 Å². The zero-order valence-electron chi connectivity index (χ0n) is 10.5. The van der Waals surface area contributed by atoms with Gasteiger partial charge in [-0.05, 0) is 58.8 Å². The van der Waals surface area contributed by atoms with Gasteiger partial charge in [-0.15, -0.1) is 0 Å². The van der Waals surface area contributed by atoms with Crippen LogP contribution in [0.4, 0.5) is 15.8 Å². The molecular formula is C14H12FIN2O2. The average Bonchev–Trinajstić information content (AvgIpc) is 2.42. The highest BCUT2D eigenvalue weighted by Gasteiger charge is 2.13. The number of anilines is 1. The Hall–Kier alpha value is -1.70. The van der Waals surface area contributed by atoms with Gasteiger partial charge in [-0.2, -0.15) is 0 Å². The Bertz CT molecular complexity index is 617. The van der Waals surface area contributed by atoms with Crippen molar-refractivity contribution in [3.8, 4) is 0 Å². The Labute approximate surface area is 129 Å².